The minimum Gasteiger partial charge on any atom is -0.481 e. The monoisotopic (exact) mass is 308 g/mol. The van der Waals surface area contributed by atoms with Crippen molar-refractivity contribution in [2.75, 3.05) is 7.11 Å². The molecule has 0 unspecified atom stereocenters. The quantitative estimate of drug-likeness (QED) is 0.804. The number of nitrogens with zero attached hydrogens (tertiary/aromatic N) is 3. The van der Waals surface area contributed by atoms with Crippen molar-refractivity contribution in [1.82, 2.24) is 14.8 Å². The minimum absolute atomic E-state index is 0.523. The third-order valence-corrected chi connectivity index (χ3v) is 3.95. The van der Waals surface area contributed by atoms with E-state index in [2.05, 4.69) is 29.1 Å². The summed E-state index contributed by atoms with van der Waals surface area (Å²) in [6.45, 7) is 4.54. The first-order valence-electron chi connectivity index (χ1n) is 7.50. The molecule has 2 N–H and O–H groups in total. The van der Waals surface area contributed by atoms with Crippen LogP contribution < -0.4 is 10.5 Å². The maximum atomic E-state index is 5.79. The molecule has 3 rings (SSSR count). The molecule has 0 fully saturated rings. The van der Waals surface area contributed by atoms with Gasteiger partial charge in [0.15, 0.2) is 0 Å². The van der Waals surface area contributed by atoms with Gasteiger partial charge >= 0.3 is 0 Å². The van der Waals surface area contributed by atoms with Crippen LogP contribution in [0.15, 0.2) is 42.6 Å². The van der Waals surface area contributed by atoms with Crippen LogP contribution >= 0.6 is 0 Å². The van der Waals surface area contributed by atoms with Crippen LogP contribution in [0, 0.1) is 13.8 Å². The Morgan fingerprint density at radius 3 is 2.65 bits per heavy atom. The zero-order valence-corrected chi connectivity index (χ0v) is 13.6. The molecule has 0 saturated heterocycles. The van der Waals surface area contributed by atoms with Crippen molar-refractivity contribution >= 4 is 0 Å². The topological polar surface area (TPSA) is 66.0 Å². The zero-order valence-electron chi connectivity index (χ0n) is 13.6. The van der Waals surface area contributed by atoms with E-state index in [9.17, 15) is 0 Å². The second-order valence-corrected chi connectivity index (χ2v) is 5.45. The van der Waals surface area contributed by atoms with E-state index in [1.165, 1.54) is 5.56 Å². The van der Waals surface area contributed by atoms with Gasteiger partial charge in [-0.2, -0.15) is 5.10 Å². The maximum absolute atomic E-state index is 5.79. The summed E-state index contributed by atoms with van der Waals surface area (Å²) in [7, 11) is 1.61. The summed E-state index contributed by atoms with van der Waals surface area (Å²) in [5.74, 6) is 0.608. The Balaban J connectivity index is 1.97. The van der Waals surface area contributed by atoms with Gasteiger partial charge in [0.05, 0.1) is 24.2 Å². The van der Waals surface area contributed by atoms with E-state index in [4.69, 9.17) is 10.5 Å². The summed E-state index contributed by atoms with van der Waals surface area (Å²) in [5.41, 5.74) is 11.9. The first-order valence-corrected chi connectivity index (χ1v) is 7.50. The average molecular weight is 308 g/mol. The van der Waals surface area contributed by atoms with Crippen LogP contribution in [0.2, 0.25) is 0 Å². The lowest BCUT2D eigenvalue weighted by atomic mass is 10.1. The molecule has 5 nitrogen and oxygen atoms in total. The summed E-state index contributed by atoms with van der Waals surface area (Å²) in [5, 5.41) is 4.67. The van der Waals surface area contributed by atoms with E-state index in [0.717, 1.165) is 28.2 Å². The smallest absolute Gasteiger partial charge is 0.213 e. The van der Waals surface area contributed by atoms with E-state index in [1.54, 1.807) is 7.11 Å². The largest absolute Gasteiger partial charge is 0.481 e. The molecule has 118 valence electrons. The Kier molecular flexibility index (Phi) is 4.12. The van der Waals surface area contributed by atoms with Gasteiger partial charge in [0.1, 0.15) is 0 Å². The van der Waals surface area contributed by atoms with E-state index in [0.29, 0.717) is 12.4 Å². The van der Waals surface area contributed by atoms with Crippen LogP contribution in [-0.2, 0) is 6.54 Å². The van der Waals surface area contributed by atoms with E-state index < -0.39 is 0 Å². The molecule has 0 spiro atoms. The van der Waals surface area contributed by atoms with Crippen molar-refractivity contribution in [1.29, 1.82) is 0 Å². The number of pyridine rings is 1. The highest BCUT2D eigenvalue weighted by atomic mass is 16.5. The average Bonchev–Trinajstić information content (AvgIpc) is 3.04. The molecule has 0 aliphatic heterocycles. The normalized spacial score (nSPS) is 10.8. The second-order valence-electron chi connectivity index (χ2n) is 5.45. The molecule has 1 aromatic carbocycles. The number of aryl methyl sites for hydroxylation is 2. The first kappa shape index (κ1) is 15.2. The van der Waals surface area contributed by atoms with Crippen molar-refractivity contribution < 1.29 is 4.74 Å². The molecule has 0 bridgehead atoms. The van der Waals surface area contributed by atoms with Gasteiger partial charge in [-0.15, -0.1) is 0 Å². The van der Waals surface area contributed by atoms with Gasteiger partial charge in [-0.05, 0) is 49.2 Å². The van der Waals surface area contributed by atoms with Crippen molar-refractivity contribution in [2.24, 2.45) is 5.73 Å². The number of hydrogen-bond donors (Lipinski definition) is 1. The van der Waals surface area contributed by atoms with Crippen LogP contribution in [0.4, 0.5) is 0 Å². The third-order valence-electron chi connectivity index (χ3n) is 3.95. The lowest BCUT2D eigenvalue weighted by Gasteiger charge is -2.07. The van der Waals surface area contributed by atoms with Crippen molar-refractivity contribution in [3.63, 3.8) is 0 Å². The van der Waals surface area contributed by atoms with Gasteiger partial charge in [0.2, 0.25) is 5.88 Å². The van der Waals surface area contributed by atoms with Gasteiger partial charge in [-0.3, -0.25) is 0 Å². The Bertz CT molecular complexity index is 839. The summed E-state index contributed by atoms with van der Waals surface area (Å²) in [6, 6.07) is 12.0. The predicted octanol–water partition coefficient (Wildman–Crippen LogP) is 3.02. The molecule has 2 heterocycles. The van der Waals surface area contributed by atoms with Crippen LogP contribution in [0.5, 0.6) is 5.88 Å². The summed E-state index contributed by atoms with van der Waals surface area (Å²) in [6.07, 6.45) is 1.95. The lowest BCUT2D eigenvalue weighted by Crippen LogP contribution is -2.02. The number of ether oxygens (including phenoxy) is 1. The van der Waals surface area contributed by atoms with Crippen molar-refractivity contribution in [3.05, 3.63) is 59.4 Å². The Hall–Kier alpha value is -2.66. The molecule has 0 atom stereocenters. The van der Waals surface area contributed by atoms with Crippen LogP contribution in [0.1, 0.15) is 16.8 Å². The molecule has 5 heteroatoms. The van der Waals surface area contributed by atoms with E-state index in [1.807, 2.05) is 42.1 Å². The highest BCUT2D eigenvalue weighted by Gasteiger charge is 2.09. The van der Waals surface area contributed by atoms with Crippen LogP contribution in [0.25, 0.3) is 16.9 Å². The van der Waals surface area contributed by atoms with E-state index in [-0.39, 0.29) is 0 Å². The Morgan fingerprint density at radius 1 is 1.13 bits per heavy atom. The van der Waals surface area contributed by atoms with Gasteiger partial charge in [-0.1, -0.05) is 6.07 Å². The van der Waals surface area contributed by atoms with Gasteiger partial charge < -0.3 is 10.5 Å². The third kappa shape index (κ3) is 2.96. The molecule has 3 aromatic rings. The second kappa shape index (κ2) is 6.22. The molecule has 0 radical (unpaired) electrons. The van der Waals surface area contributed by atoms with E-state index >= 15 is 0 Å². The van der Waals surface area contributed by atoms with Crippen LogP contribution in [0.3, 0.4) is 0 Å². The molecule has 0 aliphatic rings. The van der Waals surface area contributed by atoms with Crippen LogP contribution in [-0.4, -0.2) is 21.9 Å². The standard InChI is InChI=1S/C18H20N4O/c1-12-4-5-15(10-14(12)11-19)22-9-8-17(21-22)16-6-7-18(23-3)20-13(16)2/h4-10H,11,19H2,1-3H3. The lowest BCUT2D eigenvalue weighted by molar-refractivity contribution is 0.397. The van der Waals surface area contributed by atoms with Crippen molar-refractivity contribution in [3.8, 4) is 22.8 Å². The number of methoxy groups -OCH3 is 1. The minimum atomic E-state index is 0.523. The van der Waals surface area contributed by atoms with Gasteiger partial charge in [-0.25, -0.2) is 9.67 Å². The number of benzene rings is 1. The van der Waals surface area contributed by atoms with Gasteiger partial charge in [0, 0.05) is 24.4 Å². The molecule has 0 amide bonds. The predicted molar refractivity (Wildman–Crippen MR) is 90.7 cm³/mol. The maximum Gasteiger partial charge on any atom is 0.213 e. The number of aromatic nitrogens is 3. The molecular weight excluding hydrogens is 288 g/mol. The molecule has 2 aromatic heterocycles. The molecule has 0 aliphatic carbocycles. The fraction of sp³-hybridized carbons (Fsp3) is 0.222. The number of rotatable bonds is 4. The summed E-state index contributed by atoms with van der Waals surface area (Å²) >= 11 is 0. The zero-order chi connectivity index (χ0) is 16.4. The molecule has 0 saturated carbocycles. The molecule has 23 heavy (non-hydrogen) atoms. The summed E-state index contributed by atoms with van der Waals surface area (Å²) in [4.78, 5) is 4.40. The van der Waals surface area contributed by atoms with Crippen molar-refractivity contribution in [2.45, 2.75) is 20.4 Å². The first-order chi connectivity index (χ1) is 11.1. The fourth-order valence-corrected chi connectivity index (χ4v) is 2.55. The van der Waals surface area contributed by atoms with Gasteiger partial charge in [0.25, 0.3) is 0 Å². The highest BCUT2D eigenvalue weighted by molar-refractivity contribution is 5.62. The fourth-order valence-electron chi connectivity index (χ4n) is 2.55. The highest BCUT2D eigenvalue weighted by Crippen LogP contribution is 2.24. The number of hydrogen-bond acceptors (Lipinski definition) is 4. The Labute approximate surface area is 135 Å². The Morgan fingerprint density at radius 2 is 1.96 bits per heavy atom. The SMILES string of the molecule is COc1ccc(-c2ccn(-c3ccc(C)c(CN)c3)n2)c(C)n1. The number of nitrogens with two attached hydrogens (primary N) is 1. The molecular formula is C18H20N4O. The summed E-state index contributed by atoms with van der Waals surface area (Å²) < 4.78 is 7.01.